The van der Waals surface area contributed by atoms with E-state index in [4.69, 9.17) is 10.5 Å². The van der Waals surface area contributed by atoms with Crippen molar-refractivity contribution in [2.75, 3.05) is 6.61 Å². The summed E-state index contributed by atoms with van der Waals surface area (Å²) < 4.78 is 5.61. The molecule has 0 fully saturated rings. The average Bonchev–Trinajstić information content (AvgIpc) is 2.26. The smallest absolute Gasteiger partial charge is 0.122 e. The lowest BCUT2D eigenvalue weighted by Crippen LogP contribution is -2.09. The number of ether oxygens (including phenoxy) is 1. The second-order valence-electron chi connectivity index (χ2n) is 3.89. The maximum Gasteiger partial charge on any atom is 0.122 e. The zero-order chi connectivity index (χ0) is 11.3. The van der Waals surface area contributed by atoms with Crippen molar-refractivity contribution in [2.24, 2.45) is 5.73 Å². The van der Waals surface area contributed by atoms with Gasteiger partial charge in [0.25, 0.3) is 0 Å². The molecule has 1 atom stereocenters. The van der Waals surface area contributed by atoms with Gasteiger partial charge in [-0.15, -0.1) is 0 Å². The van der Waals surface area contributed by atoms with E-state index in [9.17, 15) is 0 Å². The first kappa shape index (κ1) is 12.1. The van der Waals surface area contributed by atoms with E-state index in [1.165, 1.54) is 11.1 Å². The Morgan fingerprint density at radius 3 is 2.60 bits per heavy atom. The van der Waals surface area contributed by atoms with Gasteiger partial charge in [-0.1, -0.05) is 26.0 Å². The third kappa shape index (κ3) is 3.24. The van der Waals surface area contributed by atoms with Crippen LogP contribution in [0, 0.1) is 6.92 Å². The summed E-state index contributed by atoms with van der Waals surface area (Å²) in [5.74, 6) is 0.976. The molecule has 84 valence electrons. The van der Waals surface area contributed by atoms with E-state index in [1.54, 1.807) is 0 Å². The Morgan fingerprint density at radius 2 is 2.07 bits per heavy atom. The van der Waals surface area contributed by atoms with Crippen LogP contribution in [0.15, 0.2) is 18.2 Å². The fourth-order valence-corrected chi connectivity index (χ4v) is 1.51. The average molecular weight is 207 g/mol. The van der Waals surface area contributed by atoms with Crippen LogP contribution in [0.2, 0.25) is 0 Å². The molecular weight excluding hydrogens is 186 g/mol. The van der Waals surface area contributed by atoms with Gasteiger partial charge in [-0.2, -0.15) is 0 Å². The standard InChI is InChI=1S/C13H21NO/c1-4-8-15-13-7-6-11(9-10(13)3)12(14)5-2/h6-7,9,12H,4-5,8,14H2,1-3H3/t12-/m0/s1. The second-order valence-corrected chi connectivity index (χ2v) is 3.89. The molecule has 1 aromatic carbocycles. The summed E-state index contributed by atoms with van der Waals surface area (Å²) in [5, 5.41) is 0. The molecule has 2 nitrogen and oxygen atoms in total. The maximum absolute atomic E-state index is 5.97. The van der Waals surface area contributed by atoms with Gasteiger partial charge < -0.3 is 10.5 Å². The molecule has 1 aromatic rings. The van der Waals surface area contributed by atoms with Crippen molar-refractivity contribution < 1.29 is 4.74 Å². The van der Waals surface area contributed by atoms with Gasteiger partial charge in [-0.25, -0.2) is 0 Å². The van der Waals surface area contributed by atoms with E-state index < -0.39 is 0 Å². The van der Waals surface area contributed by atoms with Crippen LogP contribution in [0.4, 0.5) is 0 Å². The second kappa shape index (κ2) is 5.76. The van der Waals surface area contributed by atoms with Gasteiger partial charge in [-0.3, -0.25) is 0 Å². The van der Waals surface area contributed by atoms with Crippen LogP contribution in [0.3, 0.4) is 0 Å². The van der Waals surface area contributed by atoms with Crippen LogP contribution in [0.5, 0.6) is 5.75 Å². The van der Waals surface area contributed by atoms with E-state index in [1.807, 2.05) is 6.07 Å². The summed E-state index contributed by atoms with van der Waals surface area (Å²) in [7, 11) is 0. The van der Waals surface area contributed by atoms with Gasteiger partial charge >= 0.3 is 0 Å². The predicted molar refractivity (Wildman–Crippen MR) is 64.2 cm³/mol. The monoisotopic (exact) mass is 207 g/mol. The molecule has 0 amide bonds. The summed E-state index contributed by atoms with van der Waals surface area (Å²) in [5.41, 5.74) is 8.34. The maximum atomic E-state index is 5.97. The van der Waals surface area contributed by atoms with Gasteiger partial charge in [0.05, 0.1) is 6.61 Å². The highest BCUT2D eigenvalue weighted by atomic mass is 16.5. The van der Waals surface area contributed by atoms with Crippen molar-refractivity contribution in [1.29, 1.82) is 0 Å². The van der Waals surface area contributed by atoms with Crippen LogP contribution in [-0.4, -0.2) is 6.61 Å². The van der Waals surface area contributed by atoms with Crippen LogP contribution in [0.1, 0.15) is 43.9 Å². The van der Waals surface area contributed by atoms with Crippen molar-refractivity contribution in [3.8, 4) is 5.75 Å². The van der Waals surface area contributed by atoms with Crippen molar-refractivity contribution in [1.82, 2.24) is 0 Å². The molecule has 0 saturated carbocycles. The molecule has 2 N–H and O–H groups in total. The first-order valence-electron chi connectivity index (χ1n) is 5.68. The summed E-state index contributed by atoms with van der Waals surface area (Å²) in [6, 6.07) is 6.35. The fraction of sp³-hybridized carbons (Fsp3) is 0.538. The van der Waals surface area contributed by atoms with Gasteiger partial charge in [-0.05, 0) is 37.0 Å². The highest BCUT2D eigenvalue weighted by Gasteiger charge is 2.06. The normalized spacial score (nSPS) is 12.5. The van der Waals surface area contributed by atoms with Gasteiger partial charge in [0, 0.05) is 6.04 Å². The van der Waals surface area contributed by atoms with E-state index in [0.29, 0.717) is 0 Å². The van der Waals surface area contributed by atoms with Crippen molar-refractivity contribution in [3.05, 3.63) is 29.3 Å². The van der Waals surface area contributed by atoms with E-state index in [-0.39, 0.29) is 6.04 Å². The zero-order valence-electron chi connectivity index (χ0n) is 9.92. The molecule has 0 saturated heterocycles. The Balaban J connectivity index is 2.78. The number of hydrogen-bond acceptors (Lipinski definition) is 2. The first-order valence-corrected chi connectivity index (χ1v) is 5.68. The number of nitrogens with two attached hydrogens (primary N) is 1. The molecule has 0 spiro atoms. The largest absolute Gasteiger partial charge is 0.493 e. The highest BCUT2D eigenvalue weighted by Crippen LogP contribution is 2.23. The van der Waals surface area contributed by atoms with E-state index in [0.717, 1.165) is 25.2 Å². The molecule has 1 rings (SSSR count). The SMILES string of the molecule is CCCOc1ccc([C@@H](N)CC)cc1C. The molecule has 15 heavy (non-hydrogen) atoms. The number of aryl methyl sites for hydroxylation is 1. The Kier molecular flexibility index (Phi) is 4.63. The van der Waals surface area contributed by atoms with Crippen LogP contribution < -0.4 is 10.5 Å². The Morgan fingerprint density at radius 1 is 1.33 bits per heavy atom. The summed E-state index contributed by atoms with van der Waals surface area (Å²) in [4.78, 5) is 0. The minimum absolute atomic E-state index is 0.143. The quantitative estimate of drug-likeness (QED) is 0.804. The van der Waals surface area contributed by atoms with Gasteiger partial charge in [0.1, 0.15) is 5.75 Å². The minimum atomic E-state index is 0.143. The lowest BCUT2D eigenvalue weighted by Gasteiger charge is -2.13. The fourth-order valence-electron chi connectivity index (χ4n) is 1.51. The van der Waals surface area contributed by atoms with Crippen molar-refractivity contribution in [3.63, 3.8) is 0 Å². The molecular formula is C13H21NO. The van der Waals surface area contributed by atoms with Gasteiger partial charge in [0.15, 0.2) is 0 Å². The third-order valence-electron chi connectivity index (χ3n) is 2.53. The lowest BCUT2D eigenvalue weighted by molar-refractivity contribution is 0.315. The topological polar surface area (TPSA) is 35.2 Å². The van der Waals surface area contributed by atoms with E-state index in [2.05, 4.69) is 32.9 Å². The summed E-state index contributed by atoms with van der Waals surface area (Å²) in [6.07, 6.45) is 2.00. The minimum Gasteiger partial charge on any atom is -0.493 e. The molecule has 0 aromatic heterocycles. The molecule has 0 radical (unpaired) electrons. The highest BCUT2D eigenvalue weighted by molar-refractivity contribution is 5.37. The zero-order valence-corrected chi connectivity index (χ0v) is 9.92. The van der Waals surface area contributed by atoms with Gasteiger partial charge in [0.2, 0.25) is 0 Å². The van der Waals surface area contributed by atoms with Crippen molar-refractivity contribution >= 4 is 0 Å². The molecule has 0 aliphatic heterocycles. The molecule has 0 aliphatic rings. The Bertz CT molecular complexity index is 309. The Hall–Kier alpha value is -1.02. The number of hydrogen-bond donors (Lipinski definition) is 1. The van der Waals surface area contributed by atoms with Crippen LogP contribution in [0.25, 0.3) is 0 Å². The molecule has 0 bridgehead atoms. The summed E-state index contributed by atoms with van der Waals surface area (Å²) in [6.45, 7) is 7.05. The predicted octanol–water partition coefficient (Wildman–Crippen LogP) is 3.19. The molecule has 2 heteroatoms. The van der Waals surface area contributed by atoms with E-state index >= 15 is 0 Å². The molecule has 0 heterocycles. The summed E-state index contributed by atoms with van der Waals surface area (Å²) >= 11 is 0. The molecule has 0 unspecified atom stereocenters. The molecule has 0 aliphatic carbocycles. The Labute approximate surface area is 92.4 Å². The van der Waals surface area contributed by atoms with Crippen LogP contribution in [-0.2, 0) is 0 Å². The first-order chi connectivity index (χ1) is 7.19. The lowest BCUT2D eigenvalue weighted by atomic mass is 10.0. The number of rotatable bonds is 5. The third-order valence-corrected chi connectivity index (χ3v) is 2.53. The number of benzene rings is 1. The van der Waals surface area contributed by atoms with Crippen LogP contribution >= 0.6 is 0 Å². The van der Waals surface area contributed by atoms with Crippen molar-refractivity contribution in [2.45, 2.75) is 39.7 Å².